The highest BCUT2D eigenvalue weighted by atomic mass is 32.2. The fourth-order valence-electron chi connectivity index (χ4n) is 2.46. The third kappa shape index (κ3) is 5.64. The predicted molar refractivity (Wildman–Crippen MR) is 93.8 cm³/mol. The van der Waals surface area contributed by atoms with Gasteiger partial charge in [0.1, 0.15) is 0 Å². The molecular formula is C16H14F6O2S3. The zero-order valence-electron chi connectivity index (χ0n) is 13.6. The van der Waals surface area contributed by atoms with E-state index in [-0.39, 0.29) is 40.9 Å². The Morgan fingerprint density at radius 3 is 2.00 bits per heavy atom. The average Bonchev–Trinajstić information content (AvgIpc) is 3.02. The summed E-state index contributed by atoms with van der Waals surface area (Å²) in [5.41, 5.74) is -3.04. The SMILES string of the molecule is O=S(=O)(CCCc1cc(C(F)(F)F)cc(C(F)(F)F)c1)c1ccsc1CS. The monoisotopic (exact) mass is 448 g/mol. The highest BCUT2D eigenvalue weighted by Crippen LogP contribution is 2.36. The lowest BCUT2D eigenvalue weighted by atomic mass is 10.0. The second-order valence-corrected chi connectivity index (χ2v) is 9.10. The summed E-state index contributed by atoms with van der Waals surface area (Å²) in [6, 6.07) is 2.69. The maximum absolute atomic E-state index is 12.8. The number of halogens is 6. The van der Waals surface area contributed by atoms with Crippen molar-refractivity contribution in [3.05, 3.63) is 51.2 Å². The molecule has 2 rings (SSSR count). The van der Waals surface area contributed by atoms with E-state index in [9.17, 15) is 34.8 Å². The summed E-state index contributed by atoms with van der Waals surface area (Å²) in [6.07, 6.45) is -10.2. The molecule has 27 heavy (non-hydrogen) atoms. The van der Waals surface area contributed by atoms with Gasteiger partial charge >= 0.3 is 12.4 Å². The molecule has 0 saturated carbocycles. The van der Waals surface area contributed by atoms with Crippen LogP contribution >= 0.6 is 24.0 Å². The first-order chi connectivity index (χ1) is 12.3. The highest BCUT2D eigenvalue weighted by Gasteiger charge is 2.36. The van der Waals surface area contributed by atoms with Crippen molar-refractivity contribution in [2.75, 3.05) is 5.75 Å². The van der Waals surface area contributed by atoms with Crippen molar-refractivity contribution in [2.24, 2.45) is 0 Å². The van der Waals surface area contributed by atoms with E-state index < -0.39 is 33.3 Å². The molecule has 1 aromatic carbocycles. The zero-order valence-corrected chi connectivity index (χ0v) is 16.1. The number of hydrogen-bond donors (Lipinski definition) is 1. The minimum absolute atomic E-state index is 0.0462. The Labute approximate surface area is 161 Å². The third-order valence-electron chi connectivity index (χ3n) is 3.71. The molecule has 11 heteroatoms. The van der Waals surface area contributed by atoms with E-state index in [1.54, 1.807) is 5.38 Å². The Balaban J connectivity index is 2.20. The van der Waals surface area contributed by atoms with E-state index in [1.807, 2.05) is 0 Å². The van der Waals surface area contributed by atoms with Crippen LogP contribution in [0.2, 0.25) is 0 Å². The lowest BCUT2D eigenvalue weighted by Crippen LogP contribution is -2.12. The normalized spacial score (nSPS) is 13.1. The molecule has 0 saturated heterocycles. The second-order valence-electron chi connectivity index (χ2n) is 5.70. The Morgan fingerprint density at radius 2 is 1.52 bits per heavy atom. The topological polar surface area (TPSA) is 34.1 Å². The van der Waals surface area contributed by atoms with Crippen molar-refractivity contribution < 1.29 is 34.8 Å². The molecule has 2 aromatic rings. The zero-order chi connectivity index (χ0) is 20.5. The summed E-state index contributed by atoms with van der Waals surface area (Å²) in [5.74, 6) is -0.170. The van der Waals surface area contributed by atoms with Crippen LogP contribution in [0.1, 0.15) is 28.0 Å². The highest BCUT2D eigenvalue weighted by molar-refractivity contribution is 7.91. The van der Waals surface area contributed by atoms with Crippen LogP contribution in [0.15, 0.2) is 34.5 Å². The molecule has 0 atom stereocenters. The molecule has 0 radical (unpaired) electrons. The van der Waals surface area contributed by atoms with Crippen molar-refractivity contribution in [1.82, 2.24) is 0 Å². The molecule has 0 spiro atoms. The van der Waals surface area contributed by atoms with E-state index in [4.69, 9.17) is 0 Å². The van der Waals surface area contributed by atoms with E-state index >= 15 is 0 Å². The number of rotatable bonds is 6. The Kier molecular flexibility index (Phi) is 6.58. The summed E-state index contributed by atoms with van der Waals surface area (Å²) < 4.78 is 102. The van der Waals surface area contributed by atoms with Gasteiger partial charge in [-0.3, -0.25) is 0 Å². The first-order valence-electron chi connectivity index (χ1n) is 7.53. The maximum Gasteiger partial charge on any atom is 0.416 e. The molecule has 0 aliphatic rings. The van der Waals surface area contributed by atoms with Crippen molar-refractivity contribution in [2.45, 2.75) is 35.8 Å². The first kappa shape index (κ1) is 22.1. The Morgan fingerprint density at radius 1 is 0.963 bits per heavy atom. The van der Waals surface area contributed by atoms with E-state index in [0.29, 0.717) is 17.0 Å². The van der Waals surface area contributed by atoms with Crippen LogP contribution in [0.4, 0.5) is 26.3 Å². The molecule has 0 bridgehead atoms. The van der Waals surface area contributed by atoms with Gasteiger partial charge in [0, 0.05) is 10.6 Å². The molecule has 2 nitrogen and oxygen atoms in total. The predicted octanol–water partition coefficient (Wildman–Crippen LogP) is 5.62. The van der Waals surface area contributed by atoms with Gasteiger partial charge in [-0.05, 0) is 48.1 Å². The molecule has 0 aliphatic heterocycles. The molecule has 1 heterocycles. The Bertz CT molecular complexity index is 865. The average molecular weight is 448 g/mol. The van der Waals surface area contributed by atoms with Gasteiger partial charge in [0.25, 0.3) is 0 Å². The molecule has 0 N–H and O–H groups in total. The van der Waals surface area contributed by atoms with E-state index in [2.05, 4.69) is 12.6 Å². The lowest BCUT2D eigenvalue weighted by Gasteiger charge is -2.14. The maximum atomic E-state index is 12.8. The number of hydrogen-bond acceptors (Lipinski definition) is 4. The van der Waals surface area contributed by atoms with Gasteiger partial charge in [-0.2, -0.15) is 39.0 Å². The fraction of sp³-hybridized carbons (Fsp3) is 0.375. The number of thiophene rings is 1. The molecule has 0 unspecified atom stereocenters. The molecular weight excluding hydrogens is 434 g/mol. The second kappa shape index (κ2) is 8.04. The van der Waals surface area contributed by atoms with Gasteiger partial charge in [-0.25, -0.2) is 8.42 Å². The van der Waals surface area contributed by atoms with Crippen LogP contribution in [0.3, 0.4) is 0 Å². The van der Waals surface area contributed by atoms with Crippen LogP contribution in [0, 0.1) is 0 Å². The quantitative estimate of drug-likeness (QED) is 0.460. The number of alkyl halides is 6. The summed E-state index contributed by atoms with van der Waals surface area (Å²) in [7, 11) is -3.69. The number of aryl methyl sites for hydroxylation is 1. The number of benzene rings is 1. The van der Waals surface area contributed by atoms with Crippen LogP contribution in [-0.2, 0) is 34.4 Å². The summed E-state index contributed by atoms with van der Waals surface area (Å²) >= 11 is 5.25. The van der Waals surface area contributed by atoms with Gasteiger partial charge in [0.05, 0.1) is 21.8 Å². The molecule has 0 aliphatic carbocycles. The van der Waals surface area contributed by atoms with Gasteiger partial charge in [0.2, 0.25) is 0 Å². The number of sulfone groups is 1. The molecule has 1 aromatic heterocycles. The largest absolute Gasteiger partial charge is 0.416 e. The van der Waals surface area contributed by atoms with Gasteiger partial charge in [-0.1, -0.05) is 0 Å². The van der Waals surface area contributed by atoms with Crippen LogP contribution in [-0.4, -0.2) is 14.2 Å². The lowest BCUT2D eigenvalue weighted by molar-refractivity contribution is -0.143. The van der Waals surface area contributed by atoms with E-state index in [0.717, 1.165) is 0 Å². The van der Waals surface area contributed by atoms with Crippen LogP contribution in [0.25, 0.3) is 0 Å². The number of thiol groups is 1. The van der Waals surface area contributed by atoms with Crippen LogP contribution in [0.5, 0.6) is 0 Å². The molecule has 0 amide bonds. The smallest absolute Gasteiger partial charge is 0.224 e. The van der Waals surface area contributed by atoms with Crippen molar-refractivity contribution in [3.63, 3.8) is 0 Å². The molecule has 0 fully saturated rings. The van der Waals surface area contributed by atoms with Crippen LogP contribution < -0.4 is 0 Å². The summed E-state index contributed by atoms with van der Waals surface area (Å²) in [4.78, 5) is 0.638. The molecule has 150 valence electrons. The minimum Gasteiger partial charge on any atom is -0.224 e. The van der Waals surface area contributed by atoms with E-state index in [1.165, 1.54) is 17.4 Å². The summed E-state index contributed by atoms with van der Waals surface area (Å²) in [5, 5.41) is 1.58. The summed E-state index contributed by atoms with van der Waals surface area (Å²) in [6.45, 7) is 0. The van der Waals surface area contributed by atoms with Gasteiger partial charge in [-0.15, -0.1) is 11.3 Å². The van der Waals surface area contributed by atoms with Crippen molar-refractivity contribution >= 4 is 33.8 Å². The third-order valence-corrected chi connectivity index (χ3v) is 7.17. The Hall–Kier alpha value is -1.20. The fourth-order valence-corrected chi connectivity index (χ4v) is 5.64. The van der Waals surface area contributed by atoms with Crippen molar-refractivity contribution in [1.29, 1.82) is 0 Å². The van der Waals surface area contributed by atoms with Gasteiger partial charge < -0.3 is 0 Å². The standard InChI is InChI=1S/C16H14F6O2S3/c17-15(18,19)11-6-10(7-12(8-11)16(20,21)22)2-1-5-27(23,24)14-3-4-26-13(14)9-25/h3-4,6-8,25H,1-2,5,9H2. The van der Waals surface area contributed by atoms with Gasteiger partial charge in [0.15, 0.2) is 9.84 Å². The van der Waals surface area contributed by atoms with Crippen molar-refractivity contribution in [3.8, 4) is 0 Å². The first-order valence-corrected chi connectivity index (χ1v) is 10.7. The minimum atomic E-state index is -4.93.